The first kappa shape index (κ1) is 12.9. The van der Waals surface area contributed by atoms with Crippen LogP contribution in [0.15, 0.2) is 60.7 Å². The van der Waals surface area contributed by atoms with E-state index < -0.39 is 0 Å². The Labute approximate surface area is 103 Å². The van der Waals surface area contributed by atoms with Crippen LogP contribution in [0.5, 0.6) is 5.75 Å². The van der Waals surface area contributed by atoms with E-state index in [9.17, 15) is 0 Å². The molecule has 17 heavy (non-hydrogen) atoms. The number of hydrogen-bond acceptors (Lipinski definition) is 1. The molecule has 0 spiro atoms. The first-order valence-electron chi connectivity index (χ1n) is 5.56. The van der Waals surface area contributed by atoms with Crippen molar-refractivity contribution in [1.82, 2.24) is 0 Å². The Bertz CT molecular complexity index is 478. The smallest absolute Gasteiger partial charge is 0.115 e. The van der Waals surface area contributed by atoms with Crippen molar-refractivity contribution in [2.75, 3.05) is 0 Å². The van der Waals surface area contributed by atoms with E-state index in [1.165, 1.54) is 0 Å². The maximum atomic E-state index is 9.15. The van der Waals surface area contributed by atoms with Crippen LogP contribution >= 0.6 is 0 Å². The highest BCUT2D eigenvalue weighted by Crippen LogP contribution is 2.08. The average molecular weight is 224 g/mol. The van der Waals surface area contributed by atoms with Crippen molar-refractivity contribution in [3.05, 3.63) is 66.3 Å². The summed E-state index contributed by atoms with van der Waals surface area (Å²) in [5.74, 6) is 6.35. The van der Waals surface area contributed by atoms with Crippen LogP contribution < -0.4 is 0 Å². The lowest BCUT2D eigenvalue weighted by atomic mass is 10.1. The zero-order valence-corrected chi connectivity index (χ0v) is 9.98. The number of benzene rings is 1. The Morgan fingerprint density at radius 1 is 1.35 bits per heavy atom. The molecule has 0 heterocycles. The molecule has 0 aliphatic heterocycles. The second kappa shape index (κ2) is 7.14. The average Bonchev–Trinajstić information content (AvgIpc) is 2.35. The molecule has 0 aliphatic rings. The molecule has 1 aromatic rings. The lowest BCUT2D eigenvalue weighted by molar-refractivity contribution is 0.475. The van der Waals surface area contributed by atoms with Gasteiger partial charge in [0, 0.05) is 11.1 Å². The van der Waals surface area contributed by atoms with Crippen molar-refractivity contribution in [3.63, 3.8) is 0 Å². The molecule has 0 aromatic heterocycles. The van der Waals surface area contributed by atoms with Gasteiger partial charge in [0.2, 0.25) is 0 Å². The van der Waals surface area contributed by atoms with Gasteiger partial charge >= 0.3 is 0 Å². The fourth-order valence-electron chi connectivity index (χ4n) is 1.20. The molecule has 0 fully saturated rings. The third-order valence-corrected chi connectivity index (χ3v) is 2.05. The second-order valence-corrected chi connectivity index (χ2v) is 3.47. The molecule has 1 rings (SSSR count). The van der Waals surface area contributed by atoms with Crippen molar-refractivity contribution >= 4 is 0 Å². The zero-order chi connectivity index (χ0) is 12.5. The maximum Gasteiger partial charge on any atom is 0.115 e. The summed E-state index contributed by atoms with van der Waals surface area (Å²) in [6.45, 7) is 5.74. The van der Waals surface area contributed by atoms with Crippen LogP contribution in [0.2, 0.25) is 0 Å². The van der Waals surface area contributed by atoms with E-state index in [4.69, 9.17) is 5.11 Å². The predicted molar refractivity (Wildman–Crippen MR) is 72.7 cm³/mol. The highest BCUT2D eigenvalue weighted by Gasteiger charge is 1.88. The van der Waals surface area contributed by atoms with Gasteiger partial charge in [-0.1, -0.05) is 43.6 Å². The van der Waals surface area contributed by atoms with Gasteiger partial charge in [-0.15, -0.1) is 0 Å². The topological polar surface area (TPSA) is 20.2 Å². The Kier molecular flexibility index (Phi) is 5.40. The van der Waals surface area contributed by atoms with Crippen LogP contribution in [-0.2, 0) is 0 Å². The van der Waals surface area contributed by atoms with Gasteiger partial charge in [-0.05, 0) is 36.8 Å². The highest BCUT2D eigenvalue weighted by atomic mass is 16.3. The first-order chi connectivity index (χ1) is 8.26. The summed E-state index contributed by atoms with van der Waals surface area (Å²) < 4.78 is 0. The minimum Gasteiger partial charge on any atom is -0.508 e. The predicted octanol–water partition coefficient (Wildman–Crippen LogP) is 3.82. The quantitative estimate of drug-likeness (QED) is 0.611. The summed E-state index contributed by atoms with van der Waals surface area (Å²) in [4.78, 5) is 0. The number of phenols is 1. The lowest BCUT2D eigenvalue weighted by Gasteiger charge is -1.91. The number of aromatic hydroxyl groups is 1. The standard InChI is InChI=1S/C16H16O/c1-3-5-7-14(6-4-2)8-9-15-10-12-16(17)13-11-15/h4-7,10-13,17H,2-3H2,1H3/b7-5-,14-6+. The van der Waals surface area contributed by atoms with Crippen molar-refractivity contribution < 1.29 is 5.11 Å². The van der Waals surface area contributed by atoms with Crippen LogP contribution in [0.1, 0.15) is 18.9 Å². The molecule has 0 unspecified atom stereocenters. The van der Waals surface area contributed by atoms with Crippen LogP contribution in [0.4, 0.5) is 0 Å². The molecular formula is C16H16O. The Balaban J connectivity index is 2.87. The molecule has 0 aliphatic carbocycles. The molecule has 0 bridgehead atoms. The Hall–Kier alpha value is -2.20. The lowest BCUT2D eigenvalue weighted by Crippen LogP contribution is -1.75. The summed E-state index contributed by atoms with van der Waals surface area (Å²) >= 11 is 0. The van der Waals surface area contributed by atoms with Crippen LogP contribution in [0, 0.1) is 11.8 Å². The van der Waals surface area contributed by atoms with E-state index in [1.807, 2.05) is 12.2 Å². The number of rotatable bonds is 3. The molecule has 0 amide bonds. The number of allylic oxidation sites excluding steroid dienone is 5. The monoisotopic (exact) mass is 224 g/mol. The summed E-state index contributed by atoms with van der Waals surface area (Å²) in [7, 11) is 0. The van der Waals surface area contributed by atoms with Gasteiger partial charge in [0.05, 0.1) is 0 Å². The first-order valence-corrected chi connectivity index (χ1v) is 5.56. The van der Waals surface area contributed by atoms with E-state index in [-0.39, 0.29) is 5.75 Å². The van der Waals surface area contributed by atoms with E-state index in [0.29, 0.717) is 0 Å². The molecule has 1 N–H and O–H groups in total. The molecule has 86 valence electrons. The molecule has 0 atom stereocenters. The Morgan fingerprint density at radius 2 is 2.06 bits per heavy atom. The van der Waals surface area contributed by atoms with Crippen LogP contribution in [0.3, 0.4) is 0 Å². The molecule has 0 radical (unpaired) electrons. The molecule has 0 saturated carbocycles. The SMILES string of the molecule is C=C/C=C(C#Cc1ccc(O)cc1)\C=C/CC. The van der Waals surface area contributed by atoms with Crippen molar-refractivity contribution in [2.24, 2.45) is 0 Å². The van der Waals surface area contributed by atoms with Crippen molar-refractivity contribution in [3.8, 4) is 17.6 Å². The fraction of sp³-hybridized carbons (Fsp3) is 0.125. The normalized spacial score (nSPS) is 11.0. The highest BCUT2D eigenvalue weighted by molar-refractivity contribution is 5.47. The Morgan fingerprint density at radius 3 is 2.65 bits per heavy atom. The van der Waals surface area contributed by atoms with Gasteiger partial charge in [-0.3, -0.25) is 0 Å². The summed E-state index contributed by atoms with van der Waals surface area (Å²) in [5, 5.41) is 9.15. The van der Waals surface area contributed by atoms with Crippen molar-refractivity contribution in [1.29, 1.82) is 0 Å². The van der Waals surface area contributed by atoms with E-state index in [2.05, 4.69) is 31.4 Å². The largest absolute Gasteiger partial charge is 0.508 e. The van der Waals surface area contributed by atoms with E-state index in [0.717, 1.165) is 17.6 Å². The van der Waals surface area contributed by atoms with E-state index in [1.54, 1.807) is 30.3 Å². The molecular weight excluding hydrogens is 208 g/mol. The summed E-state index contributed by atoms with van der Waals surface area (Å²) in [6, 6.07) is 6.83. The molecule has 1 heteroatoms. The maximum absolute atomic E-state index is 9.15. The second-order valence-electron chi connectivity index (χ2n) is 3.47. The third-order valence-electron chi connectivity index (χ3n) is 2.05. The molecule has 1 aromatic carbocycles. The third kappa shape index (κ3) is 4.90. The molecule has 1 nitrogen and oxygen atoms in total. The van der Waals surface area contributed by atoms with E-state index >= 15 is 0 Å². The van der Waals surface area contributed by atoms with Gasteiger partial charge in [0.1, 0.15) is 5.75 Å². The van der Waals surface area contributed by atoms with Gasteiger partial charge < -0.3 is 5.11 Å². The van der Waals surface area contributed by atoms with Gasteiger partial charge in [0.25, 0.3) is 0 Å². The minimum absolute atomic E-state index is 0.253. The minimum atomic E-state index is 0.253. The molecule has 0 saturated heterocycles. The zero-order valence-electron chi connectivity index (χ0n) is 9.98. The fourth-order valence-corrected chi connectivity index (χ4v) is 1.20. The summed E-state index contributed by atoms with van der Waals surface area (Å²) in [5.41, 5.74) is 1.80. The van der Waals surface area contributed by atoms with Gasteiger partial charge in [0.15, 0.2) is 0 Å². The number of hydrogen-bond donors (Lipinski definition) is 1. The summed E-state index contributed by atoms with van der Waals surface area (Å²) in [6.07, 6.45) is 8.62. The van der Waals surface area contributed by atoms with Gasteiger partial charge in [-0.25, -0.2) is 0 Å². The van der Waals surface area contributed by atoms with Crippen molar-refractivity contribution in [2.45, 2.75) is 13.3 Å². The van der Waals surface area contributed by atoms with Crippen LogP contribution in [0.25, 0.3) is 0 Å². The van der Waals surface area contributed by atoms with Crippen LogP contribution in [-0.4, -0.2) is 5.11 Å². The number of phenolic OH excluding ortho intramolecular Hbond substituents is 1. The van der Waals surface area contributed by atoms with Gasteiger partial charge in [-0.2, -0.15) is 0 Å².